The Balaban J connectivity index is 0.989. The minimum absolute atomic E-state index is 0.826. The van der Waals surface area contributed by atoms with Gasteiger partial charge in [0.25, 0.3) is 0 Å². The molecule has 0 unspecified atom stereocenters. The first-order valence-corrected chi connectivity index (χ1v) is 27.9. The average Bonchev–Trinajstić information content (AvgIpc) is 4.27. The van der Waals surface area contributed by atoms with E-state index in [1.807, 2.05) is 18.2 Å². The summed E-state index contributed by atoms with van der Waals surface area (Å²) in [5.74, 6) is 0. The fraction of sp³-hybridized carbons (Fsp3) is 0. The van der Waals surface area contributed by atoms with E-state index in [0.717, 1.165) is 106 Å². The quantitative estimate of drug-likeness (QED) is 0.149. The molecular weight excluding hydrogens is 945 g/mol. The molecule has 0 N–H and O–H groups in total. The van der Waals surface area contributed by atoms with Crippen molar-refractivity contribution in [2.75, 3.05) is 9.80 Å². The van der Waals surface area contributed by atoms with Crippen molar-refractivity contribution in [3.8, 4) is 11.1 Å². The lowest BCUT2D eigenvalue weighted by Crippen LogP contribution is -2.77. The Morgan fingerprint density at radius 1 is 0.329 bits per heavy atom. The fourth-order valence-electron chi connectivity index (χ4n) is 12.6. The van der Waals surface area contributed by atoms with Crippen LogP contribution in [0.3, 0.4) is 0 Å². The molecule has 0 saturated heterocycles. The van der Waals surface area contributed by atoms with Crippen molar-refractivity contribution in [3.63, 3.8) is 0 Å². The number of nitrogens with zero attached hydrogens (tertiary/aromatic N) is 2. The second-order valence-corrected chi connectivity index (χ2v) is 23.7. The maximum atomic E-state index is 6.90. The molecule has 0 atom stereocenters. The van der Waals surface area contributed by atoms with E-state index in [1.54, 1.807) is 0 Å². The van der Waals surface area contributed by atoms with Gasteiger partial charge in [-0.25, -0.2) is 0 Å². The van der Waals surface area contributed by atoms with Crippen LogP contribution >= 0.6 is 0 Å². The molecule has 0 radical (unpaired) electrons. The van der Waals surface area contributed by atoms with Gasteiger partial charge in [-0.05, 0) is 122 Å². The first kappa shape index (κ1) is 42.6. The summed E-state index contributed by atoms with van der Waals surface area (Å²) >= 11 is 0. The van der Waals surface area contributed by atoms with Crippen LogP contribution in [0.4, 0.5) is 34.1 Å². The van der Waals surface area contributed by atoms with E-state index in [1.165, 1.54) is 37.1 Å². The summed E-state index contributed by atoms with van der Waals surface area (Å²) in [6.45, 7) is 0. The van der Waals surface area contributed by atoms with E-state index >= 15 is 0 Å². The van der Waals surface area contributed by atoms with Crippen molar-refractivity contribution in [2.45, 2.75) is 0 Å². The van der Waals surface area contributed by atoms with Crippen LogP contribution < -0.4 is 30.5 Å². The van der Waals surface area contributed by atoms with E-state index < -0.39 is 8.07 Å². The molecule has 3 aromatic heterocycles. The van der Waals surface area contributed by atoms with Gasteiger partial charge >= 0.3 is 0 Å². The van der Waals surface area contributed by atoms with Gasteiger partial charge in [-0.3, -0.25) is 0 Å². The highest BCUT2D eigenvalue weighted by Crippen LogP contribution is 2.46. The molecule has 4 heterocycles. The minimum Gasteiger partial charge on any atom is -0.456 e. The Labute approximate surface area is 438 Å². The first-order chi connectivity index (χ1) is 37.7. The number of hydrogen-bond donors (Lipinski definition) is 0. The van der Waals surface area contributed by atoms with Gasteiger partial charge in [0.1, 0.15) is 27.9 Å². The second-order valence-electron chi connectivity index (χ2n) is 19.9. The number of furan rings is 3. The number of benzene rings is 12. The molecule has 356 valence electrons. The van der Waals surface area contributed by atoms with E-state index in [0.29, 0.717) is 0 Å². The summed E-state index contributed by atoms with van der Waals surface area (Å²) in [5.41, 5.74) is 13.8. The van der Waals surface area contributed by atoms with Crippen LogP contribution in [-0.4, -0.2) is 8.07 Å². The summed E-state index contributed by atoms with van der Waals surface area (Å²) in [5, 5.41) is 14.0. The summed E-state index contributed by atoms with van der Waals surface area (Å²) < 4.78 is 20.5. The SMILES string of the molecule is c1ccc(N2c3ccccc3[Si](c3ccc4c(c3)oc3ccccc34)(c3ccc4c(c3)oc3ccccc34)c3ccc(N(c4ccc(-c5cccc6ccccc56)cc4)c4cccc5c4oc4ccccc45)cc32)cc1. The van der Waals surface area contributed by atoms with Crippen molar-refractivity contribution >= 4 is 140 Å². The van der Waals surface area contributed by atoms with Crippen LogP contribution in [0.2, 0.25) is 0 Å². The summed E-state index contributed by atoms with van der Waals surface area (Å²) in [6.07, 6.45) is 0. The van der Waals surface area contributed by atoms with Gasteiger partial charge in [0.05, 0.1) is 5.69 Å². The van der Waals surface area contributed by atoms with Crippen molar-refractivity contribution in [2.24, 2.45) is 0 Å². The second kappa shape index (κ2) is 16.6. The summed E-state index contributed by atoms with van der Waals surface area (Å²) in [7, 11) is -3.33. The highest BCUT2D eigenvalue weighted by atomic mass is 28.3. The Bertz CT molecular complexity index is 4680. The Hall–Kier alpha value is -9.88. The monoisotopic (exact) mass is 988 g/mol. The van der Waals surface area contributed by atoms with Crippen LogP contribution in [-0.2, 0) is 0 Å². The number of fused-ring (bicyclic) bond motifs is 12. The summed E-state index contributed by atoms with van der Waals surface area (Å²) in [6, 6.07) is 96.8. The molecule has 76 heavy (non-hydrogen) atoms. The van der Waals surface area contributed by atoms with Gasteiger partial charge in [-0.2, -0.15) is 0 Å². The first-order valence-electron chi connectivity index (χ1n) is 25.9. The molecule has 0 aliphatic carbocycles. The fourth-order valence-corrected chi connectivity index (χ4v) is 17.6. The lowest BCUT2D eigenvalue weighted by Gasteiger charge is -2.45. The van der Waals surface area contributed by atoms with Crippen LogP contribution in [0.25, 0.3) is 87.7 Å². The van der Waals surface area contributed by atoms with Crippen LogP contribution in [0.5, 0.6) is 0 Å². The zero-order valence-electron chi connectivity index (χ0n) is 41.0. The van der Waals surface area contributed by atoms with E-state index in [9.17, 15) is 0 Å². The van der Waals surface area contributed by atoms with Gasteiger partial charge in [-0.15, -0.1) is 0 Å². The van der Waals surface area contributed by atoms with E-state index in [-0.39, 0.29) is 0 Å². The van der Waals surface area contributed by atoms with Crippen molar-refractivity contribution < 1.29 is 13.3 Å². The Morgan fingerprint density at radius 3 is 1.57 bits per heavy atom. The topological polar surface area (TPSA) is 45.9 Å². The van der Waals surface area contributed by atoms with Crippen molar-refractivity contribution in [1.29, 1.82) is 0 Å². The maximum Gasteiger partial charge on any atom is 0.184 e. The Kier molecular flexibility index (Phi) is 9.29. The number of hydrogen-bond acceptors (Lipinski definition) is 5. The normalized spacial score (nSPS) is 13.1. The molecule has 12 aromatic carbocycles. The third kappa shape index (κ3) is 6.25. The van der Waals surface area contributed by atoms with Gasteiger partial charge < -0.3 is 23.1 Å². The molecule has 6 heteroatoms. The van der Waals surface area contributed by atoms with Gasteiger partial charge in [-0.1, -0.05) is 188 Å². The van der Waals surface area contributed by atoms with E-state index in [2.05, 4.69) is 259 Å². The third-order valence-electron chi connectivity index (χ3n) is 15.9. The van der Waals surface area contributed by atoms with Crippen molar-refractivity contribution in [3.05, 3.63) is 267 Å². The van der Waals surface area contributed by atoms with E-state index in [4.69, 9.17) is 13.3 Å². The Morgan fingerprint density at radius 2 is 0.855 bits per heavy atom. The number of anilines is 6. The number of para-hydroxylation sites is 6. The third-order valence-corrected chi connectivity index (χ3v) is 20.7. The highest BCUT2D eigenvalue weighted by molar-refractivity contribution is 7.21. The van der Waals surface area contributed by atoms with Crippen molar-refractivity contribution in [1.82, 2.24) is 0 Å². The molecule has 0 fully saturated rings. The predicted octanol–water partition coefficient (Wildman–Crippen LogP) is 16.8. The average molecular weight is 989 g/mol. The molecule has 0 spiro atoms. The molecule has 0 amide bonds. The predicted molar refractivity (Wildman–Crippen MR) is 318 cm³/mol. The maximum absolute atomic E-state index is 6.90. The van der Waals surface area contributed by atoms with Crippen LogP contribution in [0, 0.1) is 0 Å². The lowest BCUT2D eigenvalue weighted by atomic mass is 9.98. The van der Waals surface area contributed by atoms with Crippen LogP contribution in [0.15, 0.2) is 280 Å². The zero-order chi connectivity index (χ0) is 49.9. The lowest BCUT2D eigenvalue weighted by molar-refractivity contribution is 0.668. The molecule has 16 rings (SSSR count). The van der Waals surface area contributed by atoms with Gasteiger partial charge in [0.2, 0.25) is 0 Å². The molecule has 1 aliphatic rings. The smallest absolute Gasteiger partial charge is 0.184 e. The molecule has 15 aromatic rings. The standard InChI is InChI=1S/C70H44N2O3Si/c1-2-18-47(19-3-1)72-60-26-9-13-31-68(60)76(50-37-39-57-54-21-6-10-28-63(54)73-66(57)43-50,51-38-40-58-55-22-7-11-29-64(55)74-67(58)44-51)69-41-36-49(42-62(69)72)71(61-27-15-25-59-56-23-8-12-30-65(56)75-70(59)61)48-34-32-46(33-35-48)53-24-14-17-45-16-4-5-20-52(45)53/h1-44H. The van der Waals surface area contributed by atoms with Gasteiger partial charge in [0.15, 0.2) is 13.7 Å². The highest BCUT2D eigenvalue weighted by Gasteiger charge is 2.50. The summed E-state index contributed by atoms with van der Waals surface area (Å²) in [4.78, 5) is 4.86. The zero-order valence-corrected chi connectivity index (χ0v) is 42.0. The number of rotatable bonds is 7. The minimum atomic E-state index is -3.33. The molecular formula is C70H44N2O3Si. The largest absolute Gasteiger partial charge is 0.456 e. The molecule has 0 saturated carbocycles. The molecule has 1 aliphatic heterocycles. The molecule has 5 nitrogen and oxygen atoms in total. The van der Waals surface area contributed by atoms with Crippen LogP contribution in [0.1, 0.15) is 0 Å². The molecule has 0 bridgehead atoms. The van der Waals surface area contributed by atoms with Gasteiger partial charge in [0, 0.05) is 60.8 Å².